The summed E-state index contributed by atoms with van der Waals surface area (Å²) in [6.45, 7) is 5.38. The van der Waals surface area contributed by atoms with Crippen LogP contribution >= 0.6 is 31.9 Å². The molecule has 0 radical (unpaired) electrons. The molecule has 0 heterocycles. The second-order valence-electron chi connectivity index (χ2n) is 8.42. The van der Waals surface area contributed by atoms with Gasteiger partial charge in [-0.05, 0) is 28.1 Å². The van der Waals surface area contributed by atoms with Crippen LogP contribution < -0.4 is 5.73 Å². The third-order valence-corrected chi connectivity index (χ3v) is 5.95. The van der Waals surface area contributed by atoms with Gasteiger partial charge in [-0.2, -0.15) is 10.1 Å². The minimum absolute atomic E-state index is 0.0106. The second-order valence-corrected chi connectivity index (χ2v) is 10.2. The number of carbonyl (C=O) groups is 7. The molecule has 1 aromatic carbocycles. The number of rotatable bonds is 12. The molecule has 0 fully saturated rings. The van der Waals surface area contributed by atoms with Crippen molar-refractivity contribution in [2.45, 2.75) is 66.0 Å². The lowest BCUT2D eigenvalue weighted by Crippen LogP contribution is -2.53. The minimum Gasteiger partial charge on any atom is -0.462 e. The van der Waals surface area contributed by atoms with Gasteiger partial charge in [0.1, 0.15) is 6.61 Å². The first-order valence-electron chi connectivity index (χ1n) is 11.9. The van der Waals surface area contributed by atoms with E-state index >= 15 is 0 Å². The van der Waals surface area contributed by atoms with Gasteiger partial charge in [0.25, 0.3) is 5.91 Å². The summed E-state index contributed by atoms with van der Waals surface area (Å²) in [5, 5.41) is 4.26. The van der Waals surface area contributed by atoms with E-state index in [1.54, 1.807) is 6.07 Å². The normalized spacial score (nSPS) is 13.6. The Labute approximate surface area is 257 Å². The standard InChI is InChI=1S/C25H29Br2N3O12/c1-11(31)30(25(37)18-7-17(26)8-19(27)22(18)28)29-9-20(39-13(3)33)23(41-15(5)35)24(42-16(6)36)21(40-14(4)34)10-38-12(2)32/h7-9,20-21,23-24H,10,28H2,1-6H3/b29-9+/t20-,21-,23-,24-/m1/s1. The maximum absolute atomic E-state index is 13.3. The van der Waals surface area contributed by atoms with E-state index in [4.69, 9.17) is 29.4 Å². The van der Waals surface area contributed by atoms with Crippen molar-refractivity contribution >= 4 is 85.4 Å². The predicted octanol–water partition coefficient (Wildman–Crippen LogP) is 2.06. The third-order valence-electron chi connectivity index (χ3n) is 4.83. The van der Waals surface area contributed by atoms with E-state index < -0.39 is 72.7 Å². The van der Waals surface area contributed by atoms with E-state index in [2.05, 4.69) is 37.0 Å². The van der Waals surface area contributed by atoms with Gasteiger partial charge in [0.2, 0.25) is 5.91 Å². The number of nitrogen functional groups attached to an aromatic ring is 1. The summed E-state index contributed by atoms with van der Waals surface area (Å²) in [5.74, 6) is -6.42. The maximum atomic E-state index is 13.3. The quantitative estimate of drug-likeness (QED) is 0.108. The van der Waals surface area contributed by atoms with Gasteiger partial charge in [0, 0.05) is 50.5 Å². The maximum Gasteiger partial charge on any atom is 0.303 e. The molecule has 17 heteroatoms. The zero-order chi connectivity index (χ0) is 32.3. The summed E-state index contributed by atoms with van der Waals surface area (Å²) >= 11 is 6.43. The Kier molecular flexibility index (Phi) is 14.3. The van der Waals surface area contributed by atoms with Crippen molar-refractivity contribution in [3.05, 3.63) is 26.6 Å². The molecule has 0 aliphatic heterocycles. The number of anilines is 1. The smallest absolute Gasteiger partial charge is 0.303 e. The Balaban J connectivity index is 3.73. The van der Waals surface area contributed by atoms with Crippen molar-refractivity contribution in [1.29, 1.82) is 0 Å². The number of nitrogens with two attached hydrogens (primary N) is 1. The lowest BCUT2D eigenvalue weighted by molar-refractivity contribution is -0.197. The van der Waals surface area contributed by atoms with E-state index in [0.717, 1.165) is 47.8 Å². The summed E-state index contributed by atoms with van der Waals surface area (Å²) in [7, 11) is 0. The fourth-order valence-corrected chi connectivity index (χ4v) is 4.55. The van der Waals surface area contributed by atoms with Gasteiger partial charge in [-0.25, -0.2) is 0 Å². The van der Waals surface area contributed by atoms with Crippen LogP contribution in [0.3, 0.4) is 0 Å². The van der Waals surface area contributed by atoms with Crippen molar-refractivity contribution in [2.75, 3.05) is 12.3 Å². The van der Waals surface area contributed by atoms with Crippen molar-refractivity contribution in [3.8, 4) is 0 Å². The van der Waals surface area contributed by atoms with Gasteiger partial charge in [0.05, 0.1) is 17.5 Å². The molecule has 0 aliphatic rings. The molecular weight excluding hydrogens is 694 g/mol. The van der Waals surface area contributed by atoms with Crippen LogP contribution in [0.1, 0.15) is 51.9 Å². The third kappa shape index (κ3) is 11.6. The van der Waals surface area contributed by atoms with Gasteiger partial charge in [-0.1, -0.05) is 15.9 Å². The van der Waals surface area contributed by atoms with Gasteiger partial charge < -0.3 is 29.4 Å². The van der Waals surface area contributed by atoms with Crippen molar-refractivity contribution in [1.82, 2.24) is 5.01 Å². The van der Waals surface area contributed by atoms with Crippen LogP contribution in [0.25, 0.3) is 0 Å². The van der Waals surface area contributed by atoms with E-state index in [9.17, 15) is 33.6 Å². The number of nitrogens with zero attached hydrogens (tertiary/aromatic N) is 2. The van der Waals surface area contributed by atoms with E-state index in [-0.39, 0.29) is 11.3 Å². The average Bonchev–Trinajstić information content (AvgIpc) is 2.84. The molecule has 230 valence electrons. The van der Waals surface area contributed by atoms with E-state index in [1.807, 2.05) is 0 Å². The largest absolute Gasteiger partial charge is 0.462 e. The highest BCUT2D eigenvalue weighted by atomic mass is 79.9. The molecule has 4 atom stereocenters. The van der Waals surface area contributed by atoms with E-state index in [0.29, 0.717) is 14.0 Å². The minimum atomic E-state index is -1.80. The molecule has 42 heavy (non-hydrogen) atoms. The van der Waals surface area contributed by atoms with Crippen LogP contribution in [0.4, 0.5) is 5.69 Å². The number of ether oxygens (including phenoxy) is 5. The topological polar surface area (TPSA) is 207 Å². The molecule has 1 aromatic rings. The van der Waals surface area contributed by atoms with Crippen molar-refractivity contribution in [2.24, 2.45) is 5.10 Å². The Morgan fingerprint density at radius 3 is 1.81 bits per heavy atom. The van der Waals surface area contributed by atoms with Crippen molar-refractivity contribution < 1.29 is 57.2 Å². The van der Waals surface area contributed by atoms with Crippen LogP contribution in [0.2, 0.25) is 0 Å². The lowest BCUT2D eigenvalue weighted by Gasteiger charge is -2.34. The summed E-state index contributed by atoms with van der Waals surface area (Å²) in [6, 6.07) is 2.91. The molecule has 0 aromatic heterocycles. The Morgan fingerprint density at radius 1 is 0.810 bits per heavy atom. The van der Waals surface area contributed by atoms with Gasteiger partial charge in [-0.3, -0.25) is 33.6 Å². The SMILES string of the molecule is CC(=O)OC[C@@H](OC(C)=O)[C@@H](OC(C)=O)[C@H](OC(C)=O)[C@@H](/C=N/N(C(C)=O)C(=O)c1cc(Br)cc(Br)c1N)OC(C)=O. The molecule has 1 rings (SSSR count). The Bertz CT molecular complexity index is 1270. The molecule has 0 saturated carbocycles. The Morgan fingerprint density at radius 2 is 1.33 bits per heavy atom. The van der Waals surface area contributed by atoms with Gasteiger partial charge >= 0.3 is 29.8 Å². The molecule has 0 aliphatic carbocycles. The summed E-state index contributed by atoms with van der Waals surface area (Å²) in [6.07, 6.45) is -6.11. The summed E-state index contributed by atoms with van der Waals surface area (Å²) in [4.78, 5) is 85.2. The molecule has 0 bridgehead atoms. The summed E-state index contributed by atoms with van der Waals surface area (Å²) in [5.41, 5.74) is 5.86. The molecule has 2 amide bonds. The predicted molar refractivity (Wildman–Crippen MR) is 150 cm³/mol. The first kappa shape index (κ1) is 36.2. The van der Waals surface area contributed by atoms with Gasteiger partial charge in [-0.15, -0.1) is 0 Å². The number of carbonyl (C=O) groups excluding carboxylic acids is 7. The van der Waals surface area contributed by atoms with Crippen LogP contribution in [0, 0.1) is 0 Å². The molecule has 2 N–H and O–H groups in total. The Hall–Kier alpha value is -3.86. The number of benzene rings is 1. The van der Waals surface area contributed by atoms with E-state index in [1.165, 1.54) is 6.07 Å². The number of amides is 2. The zero-order valence-corrected chi connectivity index (χ0v) is 26.5. The second kappa shape index (κ2) is 16.5. The first-order valence-corrected chi connectivity index (χ1v) is 13.5. The highest BCUT2D eigenvalue weighted by Gasteiger charge is 2.43. The van der Waals surface area contributed by atoms with Crippen LogP contribution in [0.15, 0.2) is 26.2 Å². The molecule has 15 nitrogen and oxygen atoms in total. The number of halogens is 2. The number of hydrogen-bond donors (Lipinski definition) is 1. The molecule has 0 saturated heterocycles. The first-order chi connectivity index (χ1) is 19.4. The number of imide groups is 1. The summed E-state index contributed by atoms with van der Waals surface area (Å²) < 4.78 is 26.7. The fourth-order valence-electron chi connectivity index (χ4n) is 3.33. The lowest BCUT2D eigenvalue weighted by atomic mass is 10.0. The van der Waals surface area contributed by atoms with Crippen LogP contribution in [-0.4, -0.2) is 83.9 Å². The average molecular weight is 723 g/mol. The van der Waals surface area contributed by atoms with Gasteiger partial charge in [0.15, 0.2) is 24.4 Å². The number of hydrogen-bond acceptors (Lipinski definition) is 14. The number of hydrazone groups is 1. The molecule has 0 spiro atoms. The molecular formula is C25H29Br2N3O12. The van der Waals surface area contributed by atoms with Crippen molar-refractivity contribution in [3.63, 3.8) is 0 Å². The zero-order valence-electron chi connectivity index (χ0n) is 23.4. The van der Waals surface area contributed by atoms with Crippen LogP contribution in [0.5, 0.6) is 0 Å². The highest BCUT2D eigenvalue weighted by Crippen LogP contribution is 2.29. The molecule has 0 unspecified atom stereocenters. The fraction of sp³-hybridized carbons (Fsp3) is 0.440. The van der Waals surface area contributed by atoms with Crippen LogP contribution in [-0.2, 0) is 52.5 Å². The highest BCUT2D eigenvalue weighted by molar-refractivity contribution is 9.11. The number of esters is 5. The monoisotopic (exact) mass is 721 g/mol.